The zero-order valence-corrected chi connectivity index (χ0v) is 14.5. The highest BCUT2D eigenvalue weighted by Gasteiger charge is 2.09. The van der Waals surface area contributed by atoms with Gasteiger partial charge in [0.15, 0.2) is 0 Å². The molecule has 0 bridgehead atoms. The Morgan fingerprint density at radius 3 is 2.38 bits per heavy atom. The number of nitrogens with one attached hydrogen (secondary N) is 2. The second-order valence-corrected chi connectivity index (χ2v) is 5.94. The van der Waals surface area contributed by atoms with Crippen LogP contribution in [0.1, 0.15) is 17.5 Å². The molecule has 0 aliphatic carbocycles. The lowest BCUT2D eigenvalue weighted by Crippen LogP contribution is -2.25. The van der Waals surface area contributed by atoms with Gasteiger partial charge in [0.2, 0.25) is 11.8 Å². The van der Waals surface area contributed by atoms with Crippen molar-refractivity contribution in [1.29, 1.82) is 5.26 Å². The van der Waals surface area contributed by atoms with Crippen molar-refractivity contribution in [2.24, 2.45) is 0 Å². The number of carbonyl (C=O) groups excluding carboxylic acids is 2. The molecule has 0 unspecified atom stereocenters. The van der Waals surface area contributed by atoms with Gasteiger partial charge in [-0.2, -0.15) is 5.26 Å². The number of carbonyl (C=O) groups is 2. The first-order chi connectivity index (χ1) is 11.6. The van der Waals surface area contributed by atoms with Crippen molar-refractivity contribution in [3.63, 3.8) is 0 Å². The van der Waals surface area contributed by atoms with E-state index in [0.29, 0.717) is 12.2 Å². The zero-order chi connectivity index (χ0) is 17.4. The van der Waals surface area contributed by atoms with E-state index in [4.69, 9.17) is 5.26 Å². The number of benzene rings is 2. The molecule has 0 radical (unpaired) electrons. The Bertz CT molecular complexity index is 784. The van der Waals surface area contributed by atoms with Crippen molar-refractivity contribution in [3.8, 4) is 6.07 Å². The van der Waals surface area contributed by atoms with Crippen LogP contribution in [-0.2, 0) is 22.6 Å². The van der Waals surface area contributed by atoms with E-state index in [0.717, 1.165) is 15.6 Å². The Hall–Kier alpha value is -2.65. The first-order valence-corrected chi connectivity index (χ1v) is 8.14. The van der Waals surface area contributed by atoms with Crippen molar-refractivity contribution >= 4 is 33.4 Å². The topological polar surface area (TPSA) is 82.0 Å². The molecule has 2 amide bonds. The van der Waals surface area contributed by atoms with E-state index in [2.05, 4.69) is 26.6 Å². The van der Waals surface area contributed by atoms with Gasteiger partial charge >= 0.3 is 0 Å². The van der Waals surface area contributed by atoms with E-state index in [1.807, 2.05) is 36.4 Å². The highest BCUT2D eigenvalue weighted by molar-refractivity contribution is 9.10. The first kappa shape index (κ1) is 17.7. The Balaban J connectivity index is 1.97. The average molecular weight is 386 g/mol. The third kappa shape index (κ3) is 5.21. The van der Waals surface area contributed by atoms with Gasteiger partial charge in [-0.3, -0.25) is 9.59 Å². The predicted molar refractivity (Wildman–Crippen MR) is 95.0 cm³/mol. The molecule has 2 aromatic carbocycles. The van der Waals surface area contributed by atoms with Crippen LogP contribution in [-0.4, -0.2) is 11.8 Å². The molecule has 2 aromatic rings. The summed E-state index contributed by atoms with van der Waals surface area (Å²) in [6.07, 6.45) is 0.0626. The van der Waals surface area contributed by atoms with E-state index in [1.54, 1.807) is 18.2 Å². The molecule has 0 aliphatic rings. The van der Waals surface area contributed by atoms with Crippen LogP contribution >= 0.6 is 15.9 Å². The molecule has 0 atom stereocenters. The highest BCUT2D eigenvalue weighted by Crippen LogP contribution is 2.17. The number of nitriles is 1. The van der Waals surface area contributed by atoms with Crippen LogP contribution in [0.3, 0.4) is 0 Å². The van der Waals surface area contributed by atoms with Gasteiger partial charge in [0.05, 0.1) is 12.5 Å². The summed E-state index contributed by atoms with van der Waals surface area (Å²) < 4.78 is 0.893. The molecule has 0 heterocycles. The SMILES string of the molecule is N#CCC(=O)Nc1ccccc1CNC(=O)Cc1ccccc1Br. The van der Waals surface area contributed by atoms with Crippen molar-refractivity contribution < 1.29 is 9.59 Å². The number of halogens is 1. The van der Waals surface area contributed by atoms with Gasteiger partial charge in [-0.25, -0.2) is 0 Å². The summed E-state index contributed by atoms with van der Waals surface area (Å²) in [5, 5.41) is 14.1. The lowest BCUT2D eigenvalue weighted by atomic mass is 10.1. The average Bonchev–Trinajstić information content (AvgIpc) is 2.56. The summed E-state index contributed by atoms with van der Waals surface area (Å²) in [6.45, 7) is 0.298. The number of para-hydroxylation sites is 1. The molecule has 2 N–H and O–H groups in total. The summed E-state index contributed by atoms with van der Waals surface area (Å²) in [7, 11) is 0. The molecule has 0 aliphatic heterocycles. The summed E-state index contributed by atoms with van der Waals surface area (Å²) in [5.41, 5.74) is 2.29. The van der Waals surface area contributed by atoms with Crippen LogP contribution in [0.5, 0.6) is 0 Å². The fourth-order valence-corrected chi connectivity index (χ4v) is 2.56. The minimum Gasteiger partial charge on any atom is -0.352 e. The molecule has 5 nitrogen and oxygen atoms in total. The van der Waals surface area contributed by atoms with E-state index in [-0.39, 0.29) is 24.7 Å². The Labute approximate surface area is 148 Å². The van der Waals surface area contributed by atoms with Gasteiger partial charge in [0.25, 0.3) is 0 Å². The maximum atomic E-state index is 12.1. The van der Waals surface area contributed by atoms with Crippen molar-refractivity contribution in [2.75, 3.05) is 5.32 Å². The lowest BCUT2D eigenvalue weighted by Gasteiger charge is -2.11. The van der Waals surface area contributed by atoms with Gasteiger partial charge in [0, 0.05) is 16.7 Å². The molecular formula is C18H16BrN3O2. The fraction of sp³-hybridized carbons (Fsp3) is 0.167. The van der Waals surface area contributed by atoms with Crippen molar-refractivity contribution in [2.45, 2.75) is 19.4 Å². The van der Waals surface area contributed by atoms with Crippen molar-refractivity contribution in [3.05, 3.63) is 64.1 Å². The summed E-state index contributed by atoms with van der Waals surface area (Å²) in [6, 6.07) is 16.5. The second-order valence-electron chi connectivity index (χ2n) is 5.09. The van der Waals surface area contributed by atoms with Crippen LogP contribution in [0, 0.1) is 11.3 Å². The number of hydrogen-bond acceptors (Lipinski definition) is 3. The third-order valence-corrected chi connectivity index (χ3v) is 4.09. The van der Waals surface area contributed by atoms with E-state index in [1.165, 1.54) is 0 Å². The molecular weight excluding hydrogens is 370 g/mol. The monoisotopic (exact) mass is 385 g/mol. The number of anilines is 1. The van der Waals surface area contributed by atoms with Gasteiger partial charge in [0.1, 0.15) is 6.42 Å². The molecule has 0 saturated carbocycles. The van der Waals surface area contributed by atoms with Crippen molar-refractivity contribution in [1.82, 2.24) is 5.32 Å². The standard InChI is InChI=1S/C18H16BrN3O2/c19-15-7-3-1-5-13(15)11-18(24)21-12-14-6-2-4-8-16(14)22-17(23)9-10-20/h1-8H,9,11-12H2,(H,21,24)(H,22,23). The number of nitrogens with zero attached hydrogens (tertiary/aromatic N) is 1. The maximum Gasteiger partial charge on any atom is 0.238 e. The van der Waals surface area contributed by atoms with E-state index < -0.39 is 0 Å². The Morgan fingerprint density at radius 2 is 1.67 bits per heavy atom. The van der Waals surface area contributed by atoms with Gasteiger partial charge in [-0.05, 0) is 23.3 Å². The molecule has 6 heteroatoms. The summed E-state index contributed by atoms with van der Waals surface area (Å²) in [5.74, 6) is -0.482. The second kappa shape index (κ2) is 8.85. The predicted octanol–water partition coefficient (Wildman–Crippen LogP) is 3.16. The molecule has 24 heavy (non-hydrogen) atoms. The van der Waals surface area contributed by atoms with Crippen LogP contribution in [0.4, 0.5) is 5.69 Å². The largest absolute Gasteiger partial charge is 0.352 e. The highest BCUT2D eigenvalue weighted by atomic mass is 79.9. The first-order valence-electron chi connectivity index (χ1n) is 7.35. The number of hydrogen-bond donors (Lipinski definition) is 2. The molecule has 0 fully saturated rings. The van der Waals surface area contributed by atoms with E-state index >= 15 is 0 Å². The summed E-state index contributed by atoms with van der Waals surface area (Å²) >= 11 is 3.42. The van der Waals surface area contributed by atoms with Crippen LogP contribution in [0.15, 0.2) is 53.0 Å². The lowest BCUT2D eigenvalue weighted by molar-refractivity contribution is -0.120. The quantitative estimate of drug-likeness (QED) is 0.800. The van der Waals surface area contributed by atoms with Gasteiger partial charge in [-0.15, -0.1) is 0 Å². The zero-order valence-electron chi connectivity index (χ0n) is 12.9. The van der Waals surface area contributed by atoms with Crippen LogP contribution in [0.25, 0.3) is 0 Å². The van der Waals surface area contributed by atoms with Gasteiger partial charge in [-0.1, -0.05) is 52.3 Å². The molecule has 0 saturated heterocycles. The van der Waals surface area contributed by atoms with E-state index in [9.17, 15) is 9.59 Å². The third-order valence-electron chi connectivity index (χ3n) is 3.32. The minimum atomic E-state index is -0.371. The Morgan fingerprint density at radius 1 is 1.00 bits per heavy atom. The molecule has 0 spiro atoms. The normalized spacial score (nSPS) is 9.83. The molecule has 122 valence electrons. The van der Waals surface area contributed by atoms with Gasteiger partial charge < -0.3 is 10.6 Å². The number of rotatable bonds is 6. The number of amides is 2. The molecule has 2 rings (SSSR count). The van der Waals surface area contributed by atoms with Crippen LogP contribution < -0.4 is 10.6 Å². The summed E-state index contributed by atoms with van der Waals surface area (Å²) in [4.78, 5) is 23.7. The van der Waals surface area contributed by atoms with Crippen LogP contribution in [0.2, 0.25) is 0 Å². The smallest absolute Gasteiger partial charge is 0.238 e. The Kier molecular flexibility index (Phi) is 6.52. The fourth-order valence-electron chi connectivity index (χ4n) is 2.13. The minimum absolute atomic E-state index is 0.111. The molecule has 0 aromatic heterocycles. The maximum absolute atomic E-state index is 12.1.